The summed E-state index contributed by atoms with van der Waals surface area (Å²) in [5, 5.41) is 19.8. The number of hydroxylamine groups is 1. The van der Waals surface area contributed by atoms with Gasteiger partial charge in [0.2, 0.25) is 0 Å². The highest BCUT2D eigenvalue weighted by atomic mass is 16.5. The lowest BCUT2D eigenvalue weighted by atomic mass is 9.92. The fraction of sp³-hybridized carbons (Fsp3) is 0.346. The zero-order valence-electron chi connectivity index (χ0n) is 18.7. The summed E-state index contributed by atoms with van der Waals surface area (Å²) in [4.78, 5) is 17.2. The first-order valence-electron chi connectivity index (χ1n) is 11.2. The number of rotatable bonds is 8. The Kier molecular flexibility index (Phi) is 6.74. The summed E-state index contributed by atoms with van der Waals surface area (Å²) in [5.74, 6) is -0.535. The minimum atomic E-state index is -0.535. The Bertz CT molecular complexity index is 1150. The molecule has 32 heavy (non-hydrogen) atoms. The van der Waals surface area contributed by atoms with Crippen molar-refractivity contribution in [1.82, 2.24) is 15.4 Å². The largest absolute Gasteiger partial charge is 0.395 e. The van der Waals surface area contributed by atoms with Crippen LogP contribution in [0.4, 0.5) is 0 Å². The number of aromatic amines is 1. The Hall–Kier alpha value is -2.93. The third kappa shape index (κ3) is 4.35. The van der Waals surface area contributed by atoms with Gasteiger partial charge in [-0.2, -0.15) is 0 Å². The van der Waals surface area contributed by atoms with Gasteiger partial charge in [0.1, 0.15) is 0 Å². The molecular formula is C26H31N3O3. The molecule has 6 heteroatoms. The molecule has 1 unspecified atom stereocenters. The van der Waals surface area contributed by atoms with Crippen molar-refractivity contribution in [2.45, 2.75) is 39.2 Å². The van der Waals surface area contributed by atoms with Crippen LogP contribution in [0.3, 0.4) is 0 Å². The normalized spacial score (nSPS) is 15.7. The van der Waals surface area contributed by atoms with Crippen molar-refractivity contribution in [3.63, 3.8) is 0 Å². The maximum Gasteiger partial charge on any atom is 0.267 e. The van der Waals surface area contributed by atoms with E-state index >= 15 is 0 Å². The fourth-order valence-corrected chi connectivity index (χ4v) is 5.04. The number of hydrogen-bond acceptors (Lipinski definition) is 4. The van der Waals surface area contributed by atoms with E-state index in [0.717, 1.165) is 42.5 Å². The zero-order valence-corrected chi connectivity index (χ0v) is 18.7. The summed E-state index contributed by atoms with van der Waals surface area (Å²) >= 11 is 0. The summed E-state index contributed by atoms with van der Waals surface area (Å²) in [5.41, 5.74) is 10.1. The molecule has 0 radical (unpaired) electrons. The smallest absolute Gasteiger partial charge is 0.267 e. The highest BCUT2D eigenvalue weighted by Gasteiger charge is 2.30. The van der Waals surface area contributed by atoms with Gasteiger partial charge in [0.15, 0.2) is 0 Å². The molecule has 1 aliphatic rings. The number of fused-ring (bicyclic) bond motifs is 2. The Morgan fingerprint density at radius 1 is 1.25 bits per heavy atom. The van der Waals surface area contributed by atoms with Gasteiger partial charge >= 0.3 is 0 Å². The third-order valence-corrected chi connectivity index (χ3v) is 6.79. The molecule has 1 atom stereocenters. The molecule has 0 saturated carbocycles. The molecule has 3 aromatic rings. The van der Waals surface area contributed by atoms with Crippen molar-refractivity contribution < 1.29 is 15.1 Å². The number of nitrogens with one attached hydrogen (secondary N) is 2. The molecular weight excluding hydrogens is 402 g/mol. The highest BCUT2D eigenvalue weighted by Crippen LogP contribution is 2.40. The van der Waals surface area contributed by atoms with Crippen molar-refractivity contribution in [1.29, 1.82) is 0 Å². The van der Waals surface area contributed by atoms with E-state index in [1.165, 1.54) is 33.7 Å². The number of aliphatic hydroxyl groups excluding tert-OH is 1. The minimum absolute atomic E-state index is 0.134. The SMILES string of the molecule is Cc1c(/C=C/C(=O)NO)cc2c(c1C)C(N(CCO)CCc1c[nH]c3ccccc13)CC2. The van der Waals surface area contributed by atoms with Gasteiger partial charge in [-0.1, -0.05) is 24.3 Å². The molecule has 6 nitrogen and oxygen atoms in total. The van der Waals surface area contributed by atoms with Crippen molar-refractivity contribution >= 4 is 22.9 Å². The standard InChI is InChI=1S/C26H31N3O3/c1-17-18(2)26-20(15-19(17)8-10-25(31)28-32)7-9-24(26)29(13-14-30)12-11-21-16-27-23-6-4-3-5-22(21)23/h3-6,8,10,15-16,24,27,30,32H,7,9,11-14H2,1-2H3,(H,28,31)/b10-8+. The monoisotopic (exact) mass is 433 g/mol. The van der Waals surface area contributed by atoms with Crippen molar-refractivity contribution in [3.8, 4) is 0 Å². The number of nitrogens with zero attached hydrogens (tertiary/aromatic N) is 1. The van der Waals surface area contributed by atoms with E-state index in [1.54, 1.807) is 11.6 Å². The Morgan fingerprint density at radius 2 is 2.06 bits per heavy atom. The van der Waals surface area contributed by atoms with Gasteiger partial charge < -0.3 is 10.1 Å². The maximum atomic E-state index is 11.4. The van der Waals surface area contributed by atoms with Gasteiger partial charge in [-0.25, -0.2) is 5.48 Å². The third-order valence-electron chi connectivity index (χ3n) is 6.79. The van der Waals surface area contributed by atoms with Crippen LogP contribution >= 0.6 is 0 Å². The van der Waals surface area contributed by atoms with Crippen molar-refractivity contribution in [2.24, 2.45) is 0 Å². The molecule has 1 heterocycles. The second-order valence-electron chi connectivity index (χ2n) is 8.52. The molecule has 0 bridgehead atoms. The topological polar surface area (TPSA) is 88.6 Å². The van der Waals surface area contributed by atoms with Gasteiger partial charge in [0, 0.05) is 42.3 Å². The number of hydrogen-bond donors (Lipinski definition) is 4. The highest BCUT2D eigenvalue weighted by molar-refractivity contribution is 5.91. The van der Waals surface area contributed by atoms with E-state index < -0.39 is 5.91 Å². The molecule has 0 spiro atoms. The summed E-state index contributed by atoms with van der Waals surface area (Å²) in [6.45, 7) is 5.87. The van der Waals surface area contributed by atoms with Crippen LogP contribution in [0.25, 0.3) is 17.0 Å². The number of benzene rings is 2. The second-order valence-corrected chi connectivity index (χ2v) is 8.52. The molecule has 4 N–H and O–H groups in total. The molecule has 168 valence electrons. The molecule has 4 rings (SSSR count). The first-order valence-corrected chi connectivity index (χ1v) is 11.2. The molecule has 2 aromatic carbocycles. The molecule has 0 aliphatic heterocycles. The number of carbonyl (C=O) groups excluding carboxylic acids is 1. The van der Waals surface area contributed by atoms with Crippen LogP contribution in [-0.2, 0) is 17.6 Å². The predicted molar refractivity (Wildman–Crippen MR) is 127 cm³/mol. The lowest BCUT2D eigenvalue weighted by molar-refractivity contribution is -0.124. The maximum absolute atomic E-state index is 11.4. The van der Waals surface area contributed by atoms with Crippen LogP contribution < -0.4 is 5.48 Å². The summed E-state index contributed by atoms with van der Waals surface area (Å²) in [7, 11) is 0. The summed E-state index contributed by atoms with van der Waals surface area (Å²) in [6.07, 6.45) is 8.12. The number of para-hydroxylation sites is 1. The Balaban J connectivity index is 1.58. The van der Waals surface area contributed by atoms with Crippen molar-refractivity contribution in [3.05, 3.63) is 76.0 Å². The quantitative estimate of drug-likeness (QED) is 0.247. The average molecular weight is 434 g/mol. The Labute approximate surface area is 188 Å². The van der Waals surface area contributed by atoms with Gasteiger partial charge in [-0.3, -0.25) is 14.9 Å². The van der Waals surface area contributed by atoms with E-state index in [9.17, 15) is 9.90 Å². The lowest BCUT2D eigenvalue weighted by Gasteiger charge is -2.30. The van der Waals surface area contributed by atoms with Crippen molar-refractivity contribution in [2.75, 3.05) is 19.7 Å². The first-order chi connectivity index (χ1) is 15.5. The van der Waals surface area contributed by atoms with Crippen LogP contribution in [0.5, 0.6) is 0 Å². The van der Waals surface area contributed by atoms with Gasteiger partial charge in [0.05, 0.1) is 6.61 Å². The number of aromatic nitrogens is 1. The molecule has 1 amide bonds. The van der Waals surface area contributed by atoms with Gasteiger partial charge in [0.25, 0.3) is 5.91 Å². The zero-order chi connectivity index (χ0) is 22.7. The van der Waals surface area contributed by atoms with E-state index in [2.05, 4.69) is 54.2 Å². The second kappa shape index (κ2) is 9.69. The van der Waals surface area contributed by atoms with Gasteiger partial charge in [-0.15, -0.1) is 0 Å². The summed E-state index contributed by atoms with van der Waals surface area (Å²) in [6, 6.07) is 10.8. The number of aliphatic hydroxyl groups is 1. The van der Waals surface area contributed by atoms with Gasteiger partial charge in [-0.05, 0) is 78.6 Å². The average Bonchev–Trinajstić information content (AvgIpc) is 3.42. The molecule has 1 aliphatic carbocycles. The minimum Gasteiger partial charge on any atom is -0.395 e. The molecule has 0 saturated heterocycles. The van der Waals surface area contributed by atoms with E-state index in [0.29, 0.717) is 6.54 Å². The fourth-order valence-electron chi connectivity index (χ4n) is 5.04. The van der Waals surface area contributed by atoms with Crippen LogP contribution in [0, 0.1) is 13.8 Å². The Morgan fingerprint density at radius 3 is 2.84 bits per heavy atom. The number of carbonyl (C=O) groups is 1. The molecule has 1 aromatic heterocycles. The van der Waals surface area contributed by atoms with E-state index in [4.69, 9.17) is 5.21 Å². The van der Waals surface area contributed by atoms with E-state index in [1.807, 2.05) is 6.07 Å². The molecule has 0 fully saturated rings. The first kappa shape index (κ1) is 22.3. The van der Waals surface area contributed by atoms with Crippen LogP contribution in [0.15, 0.2) is 42.6 Å². The number of aryl methyl sites for hydroxylation is 1. The summed E-state index contributed by atoms with van der Waals surface area (Å²) < 4.78 is 0. The van der Waals surface area contributed by atoms with E-state index in [-0.39, 0.29) is 12.6 Å². The predicted octanol–water partition coefficient (Wildman–Crippen LogP) is 3.83. The lowest BCUT2D eigenvalue weighted by Crippen LogP contribution is -2.32. The number of amides is 1. The van der Waals surface area contributed by atoms with Crippen LogP contribution in [0.1, 0.15) is 45.8 Å². The number of H-pyrrole nitrogens is 1. The van der Waals surface area contributed by atoms with Crippen LogP contribution in [-0.4, -0.2) is 45.8 Å². The van der Waals surface area contributed by atoms with Crippen LogP contribution in [0.2, 0.25) is 0 Å².